The van der Waals surface area contributed by atoms with E-state index in [1.807, 2.05) is 0 Å². The van der Waals surface area contributed by atoms with Crippen molar-refractivity contribution >= 4 is 18.0 Å². The molecule has 2 spiro atoms. The number of rotatable bonds is 8. The number of esters is 2. The maximum Gasteiger partial charge on any atom is 0.408 e. The van der Waals surface area contributed by atoms with Gasteiger partial charge in [0.15, 0.2) is 0 Å². The molecule has 0 aromatic carbocycles. The molecule has 0 bridgehead atoms. The van der Waals surface area contributed by atoms with Gasteiger partial charge in [0.1, 0.15) is 23.3 Å². The number of carbonyl (C=O) groups is 3. The molecule has 55 heavy (non-hydrogen) atoms. The van der Waals surface area contributed by atoms with Crippen LogP contribution in [-0.4, -0.2) is 86.2 Å². The van der Waals surface area contributed by atoms with Gasteiger partial charge >= 0.3 is 18.0 Å². The highest BCUT2D eigenvalue weighted by molar-refractivity contribution is 5.82. The van der Waals surface area contributed by atoms with Gasteiger partial charge in [-0.25, -0.2) is 9.59 Å². The third-order valence-corrected chi connectivity index (χ3v) is 16.0. The molecule has 1 aliphatic heterocycles. The zero-order valence-corrected chi connectivity index (χ0v) is 36.1. The van der Waals surface area contributed by atoms with Crippen LogP contribution >= 0.6 is 0 Å². The van der Waals surface area contributed by atoms with Gasteiger partial charge < -0.3 is 39.6 Å². The molecular formula is C44H73NO10. The van der Waals surface area contributed by atoms with Crippen molar-refractivity contribution in [2.75, 3.05) is 0 Å². The van der Waals surface area contributed by atoms with Crippen molar-refractivity contribution in [2.24, 2.45) is 44.8 Å². The first kappa shape index (κ1) is 42.7. The molecule has 1 saturated heterocycles. The summed E-state index contributed by atoms with van der Waals surface area (Å²) in [6.45, 7) is 25.3. The molecule has 11 heteroatoms. The number of amides is 1. The van der Waals surface area contributed by atoms with E-state index in [2.05, 4.69) is 39.9 Å². The van der Waals surface area contributed by atoms with Crippen molar-refractivity contribution < 1.29 is 48.7 Å². The first-order chi connectivity index (χ1) is 24.9. The third-order valence-electron chi connectivity index (χ3n) is 16.0. The van der Waals surface area contributed by atoms with Crippen molar-refractivity contribution in [3.8, 4) is 0 Å². The van der Waals surface area contributed by atoms with Crippen molar-refractivity contribution in [2.45, 2.75) is 213 Å². The van der Waals surface area contributed by atoms with Gasteiger partial charge in [-0.1, -0.05) is 27.7 Å². The van der Waals surface area contributed by atoms with Gasteiger partial charge in [-0.15, -0.1) is 0 Å². The fourth-order valence-electron chi connectivity index (χ4n) is 13.9. The second-order valence-electron chi connectivity index (χ2n) is 22.6. The Morgan fingerprint density at radius 2 is 1.44 bits per heavy atom. The standard InChI is InChI=1S/C44H73NO10/c1-36(2,3)54-31(48)15-14-25(45-35(50)55-37(4,5)6)34(49)52-29-17-19-44-24-43(44)21-20-40(11)33(42(13)18-16-30(53-42)39(9,10)51)27(47)23-41(40,12)28(43)22-26(46)32(44)38(29,7)8/h25-30,32-33,46-47,51H,14-24H2,1-13H3,(H,45,50)/t25-,26-,27-,28?,29-,30-,32-,33-,40+,41-,42+,43?,44+/m0/s1. The number of alkyl carbamates (subject to hydrolysis) is 1. The van der Waals surface area contributed by atoms with E-state index < -0.39 is 70.2 Å². The minimum atomic E-state index is -1.12. The van der Waals surface area contributed by atoms with Crippen LogP contribution in [0.1, 0.15) is 161 Å². The molecule has 2 unspecified atom stereocenters. The number of aliphatic hydroxyl groups excluding tert-OH is 2. The van der Waals surface area contributed by atoms with Crippen molar-refractivity contribution in [3.05, 3.63) is 0 Å². The highest BCUT2D eigenvalue weighted by Gasteiger charge is 2.85. The average Bonchev–Trinajstić information content (AvgIpc) is 3.35. The van der Waals surface area contributed by atoms with Crippen molar-refractivity contribution in [1.82, 2.24) is 5.32 Å². The molecule has 4 N–H and O–H groups in total. The average molecular weight is 776 g/mol. The summed E-state index contributed by atoms with van der Waals surface area (Å²) in [6.07, 6.45) is 4.51. The third kappa shape index (κ3) is 7.04. The Kier molecular flexibility index (Phi) is 10.3. The van der Waals surface area contributed by atoms with E-state index in [1.165, 1.54) is 0 Å². The Balaban J connectivity index is 1.20. The molecule has 5 aliphatic carbocycles. The van der Waals surface area contributed by atoms with Crippen LogP contribution in [0.4, 0.5) is 4.79 Å². The number of fused-ring (bicyclic) bond motifs is 2. The Hall–Kier alpha value is -1.95. The van der Waals surface area contributed by atoms with Gasteiger partial charge in [-0.05, 0) is 160 Å². The fourth-order valence-corrected chi connectivity index (χ4v) is 13.9. The molecule has 13 atom stereocenters. The Morgan fingerprint density at radius 3 is 2.02 bits per heavy atom. The molecule has 0 radical (unpaired) electrons. The van der Waals surface area contributed by atoms with E-state index in [9.17, 15) is 29.7 Å². The molecule has 314 valence electrons. The molecule has 11 nitrogen and oxygen atoms in total. The summed E-state index contributed by atoms with van der Waals surface area (Å²) in [6, 6.07) is -1.12. The van der Waals surface area contributed by atoms with E-state index in [4.69, 9.17) is 18.9 Å². The molecule has 0 aromatic heterocycles. The van der Waals surface area contributed by atoms with Crippen molar-refractivity contribution in [3.63, 3.8) is 0 Å². The molecule has 5 saturated carbocycles. The number of carbonyl (C=O) groups excluding carboxylic acids is 3. The lowest BCUT2D eigenvalue weighted by atomic mass is 9.41. The summed E-state index contributed by atoms with van der Waals surface area (Å²) in [7, 11) is 0. The van der Waals surface area contributed by atoms with Crippen LogP contribution in [-0.2, 0) is 28.5 Å². The molecule has 0 aromatic rings. The lowest BCUT2D eigenvalue weighted by Gasteiger charge is -2.64. The number of nitrogens with one attached hydrogen (secondary N) is 1. The zero-order valence-electron chi connectivity index (χ0n) is 36.1. The number of hydrogen-bond donors (Lipinski definition) is 4. The lowest BCUT2D eigenvalue weighted by Crippen LogP contribution is -2.62. The highest BCUT2D eigenvalue weighted by atomic mass is 16.6. The number of hydrogen-bond acceptors (Lipinski definition) is 10. The zero-order chi connectivity index (χ0) is 41.2. The summed E-state index contributed by atoms with van der Waals surface area (Å²) in [5.74, 6) is -1.05. The summed E-state index contributed by atoms with van der Waals surface area (Å²) in [4.78, 5) is 39.5. The van der Waals surface area contributed by atoms with Crippen LogP contribution in [0.25, 0.3) is 0 Å². The van der Waals surface area contributed by atoms with Gasteiger partial charge in [-0.2, -0.15) is 0 Å². The summed E-state index contributed by atoms with van der Waals surface area (Å²) < 4.78 is 24.0. The fraction of sp³-hybridized carbons (Fsp3) is 0.932. The van der Waals surface area contributed by atoms with Crippen LogP contribution in [0.2, 0.25) is 0 Å². The molecule has 6 aliphatic rings. The van der Waals surface area contributed by atoms with Gasteiger partial charge in [0.05, 0.1) is 29.5 Å². The summed E-state index contributed by atoms with van der Waals surface area (Å²) in [5, 5.41) is 37.9. The maximum atomic E-state index is 14.0. The Labute approximate surface area is 329 Å². The van der Waals surface area contributed by atoms with E-state index in [0.717, 1.165) is 38.5 Å². The van der Waals surface area contributed by atoms with Crippen LogP contribution in [0, 0.1) is 44.8 Å². The minimum absolute atomic E-state index is 0.00633. The normalized spacial score (nSPS) is 43.9. The first-order valence-corrected chi connectivity index (χ1v) is 21.1. The van der Waals surface area contributed by atoms with E-state index in [0.29, 0.717) is 19.3 Å². The van der Waals surface area contributed by atoms with Gasteiger partial charge in [0, 0.05) is 17.8 Å². The lowest BCUT2D eigenvalue weighted by molar-refractivity contribution is -0.218. The van der Waals surface area contributed by atoms with Gasteiger partial charge in [0.25, 0.3) is 0 Å². The SMILES string of the molecule is CC(C)(C)OC(=O)CC[C@H](NC(=O)OC(C)(C)C)C(=O)O[C@H]1CC[C@]23CC24CC[C@]2(C)[C@@H]([C@@]5(C)CC[C@@H](C(C)(C)O)O5)[C@@H](O)C[C@@]2(C)C4C[C@H](O)[C@H]3C1(C)C. The molecular weight excluding hydrogens is 702 g/mol. The molecule has 6 fully saturated rings. The predicted octanol–water partition coefficient (Wildman–Crippen LogP) is 7.00. The highest BCUT2D eigenvalue weighted by Crippen LogP contribution is 2.89. The first-order valence-electron chi connectivity index (χ1n) is 21.1. The smallest absolute Gasteiger partial charge is 0.408 e. The second-order valence-corrected chi connectivity index (χ2v) is 22.6. The van der Waals surface area contributed by atoms with E-state index in [1.54, 1.807) is 55.4 Å². The van der Waals surface area contributed by atoms with Crippen LogP contribution in [0.15, 0.2) is 0 Å². The van der Waals surface area contributed by atoms with Crippen LogP contribution in [0.5, 0.6) is 0 Å². The molecule has 1 amide bonds. The quantitative estimate of drug-likeness (QED) is 0.149. The van der Waals surface area contributed by atoms with E-state index in [-0.39, 0.29) is 58.4 Å². The molecule has 1 heterocycles. The van der Waals surface area contributed by atoms with Crippen LogP contribution < -0.4 is 5.32 Å². The summed E-state index contributed by atoms with van der Waals surface area (Å²) >= 11 is 0. The maximum absolute atomic E-state index is 14.0. The largest absolute Gasteiger partial charge is 0.460 e. The van der Waals surface area contributed by atoms with E-state index >= 15 is 0 Å². The minimum Gasteiger partial charge on any atom is -0.460 e. The Bertz CT molecular complexity index is 1520. The van der Waals surface area contributed by atoms with Gasteiger partial charge in [-0.3, -0.25) is 4.79 Å². The predicted molar refractivity (Wildman–Crippen MR) is 207 cm³/mol. The molecule has 6 rings (SSSR count). The van der Waals surface area contributed by atoms with Crippen LogP contribution in [0.3, 0.4) is 0 Å². The second kappa shape index (κ2) is 13.3. The van der Waals surface area contributed by atoms with Gasteiger partial charge in [0.2, 0.25) is 0 Å². The Morgan fingerprint density at radius 1 is 0.800 bits per heavy atom. The number of ether oxygens (including phenoxy) is 4. The summed E-state index contributed by atoms with van der Waals surface area (Å²) in [5.41, 5.74) is -4.04. The number of aliphatic hydroxyl groups is 3. The topological polar surface area (TPSA) is 161 Å². The van der Waals surface area contributed by atoms with Crippen molar-refractivity contribution in [1.29, 1.82) is 0 Å². The monoisotopic (exact) mass is 776 g/mol.